The van der Waals surface area contributed by atoms with Crippen LogP contribution < -0.4 is 11.1 Å². The lowest BCUT2D eigenvalue weighted by atomic mass is 10.0. The molecule has 0 aliphatic heterocycles. The number of pyridine rings is 1. The Balaban J connectivity index is 1.62. The zero-order valence-corrected chi connectivity index (χ0v) is 18.7. The Kier molecular flexibility index (Phi) is 5.82. The molecular weight excluding hydrogens is 444 g/mol. The van der Waals surface area contributed by atoms with E-state index in [1.165, 1.54) is 17.6 Å². The molecule has 3 N–H and O–H groups in total. The Bertz CT molecular complexity index is 1410. The van der Waals surface area contributed by atoms with Crippen LogP contribution in [0.3, 0.4) is 0 Å². The highest BCUT2D eigenvalue weighted by atomic mass is 32.2. The number of aryl methyl sites for hydroxylation is 1. The molecule has 8 nitrogen and oxygen atoms in total. The van der Waals surface area contributed by atoms with Gasteiger partial charge in [-0.15, -0.1) is 0 Å². The number of rotatable bonds is 5. The largest absolute Gasteiger partial charge is 0.464 e. The molecule has 0 aliphatic carbocycles. The number of amides is 1. The first kappa shape index (κ1) is 21.4. The molecule has 0 radical (unpaired) electrons. The lowest BCUT2D eigenvalue weighted by molar-refractivity contribution is -0.115. The number of hydrogen-bond acceptors (Lipinski definition) is 9. The number of thiazole rings is 1. The van der Waals surface area contributed by atoms with Crippen molar-refractivity contribution in [1.82, 2.24) is 9.97 Å². The highest BCUT2D eigenvalue weighted by Crippen LogP contribution is 2.37. The smallest absolute Gasteiger partial charge is 0.239 e. The van der Waals surface area contributed by atoms with Crippen LogP contribution in [0.25, 0.3) is 21.5 Å². The summed E-state index contributed by atoms with van der Waals surface area (Å²) >= 11 is 2.47. The van der Waals surface area contributed by atoms with Gasteiger partial charge in [0.05, 0.1) is 32.9 Å². The van der Waals surface area contributed by atoms with E-state index in [4.69, 9.17) is 10.2 Å². The topological polar surface area (TPSA) is 142 Å². The van der Waals surface area contributed by atoms with Crippen LogP contribution in [0.1, 0.15) is 23.6 Å². The molecule has 32 heavy (non-hydrogen) atoms. The molecule has 1 unspecified atom stereocenters. The van der Waals surface area contributed by atoms with Crippen molar-refractivity contribution >= 4 is 50.2 Å². The fraction of sp³-hybridized carbons (Fsp3) is 0.136. The van der Waals surface area contributed by atoms with Gasteiger partial charge < -0.3 is 15.5 Å². The summed E-state index contributed by atoms with van der Waals surface area (Å²) in [6.45, 7) is 3.69. The van der Waals surface area contributed by atoms with Crippen LogP contribution in [0.2, 0.25) is 0 Å². The number of carbonyl (C=O) groups is 1. The fourth-order valence-corrected chi connectivity index (χ4v) is 4.95. The number of furan rings is 1. The lowest BCUT2D eigenvalue weighted by Gasteiger charge is -2.14. The quantitative estimate of drug-likeness (QED) is 0.408. The normalized spacial score (nSPS) is 11.6. The van der Waals surface area contributed by atoms with Crippen molar-refractivity contribution in [1.29, 1.82) is 10.5 Å². The van der Waals surface area contributed by atoms with Crippen LogP contribution in [0.4, 0.5) is 10.9 Å². The molecule has 0 fully saturated rings. The minimum atomic E-state index is -0.611. The maximum absolute atomic E-state index is 12.8. The van der Waals surface area contributed by atoms with Gasteiger partial charge in [0.1, 0.15) is 34.3 Å². The summed E-state index contributed by atoms with van der Waals surface area (Å²) in [6, 6.07) is 13.2. The van der Waals surface area contributed by atoms with E-state index >= 15 is 0 Å². The number of anilines is 2. The van der Waals surface area contributed by atoms with Gasteiger partial charge >= 0.3 is 0 Å². The molecule has 1 aromatic carbocycles. The number of nitriles is 2. The summed E-state index contributed by atoms with van der Waals surface area (Å²) in [4.78, 5) is 21.5. The zero-order chi connectivity index (χ0) is 22.8. The number of fused-ring (bicyclic) bond motifs is 1. The molecule has 0 aliphatic rings. The summed E-state index contributed by atoms with van der Waals surface area (Å²) < 4.78 is 6.39. The van der Waals surface area contributed by atoms with Gasteiger partial charge in [0.25, 0.3) is 0 Å². The van der Waals surface area contributed by atoms with Crippen molar-refractivity contribution in [3.8, 4) is 23.5 Å². The number of thioether (sulfide) groups is 1. The summed E-state index contributed by atoms with van der Waals surface area (Å²) in [5.41, 5.74) is 8.37. The fourth-order valence-electron chi connectivity index (χ4n) is 3.06. The molecule has 10 heteroatoms. The number of nitrogens with zero attached hydrogens (tertiary/aromatic N) is 4. The van der Waals surface area contributed by atoms with Crippen molar-refractivity contribution in [3.63, 3.8) is 0 Å². The molecule has 0 spiro atoms. The predicted molar refractivity (Wildman–Crippen MR) is 124 cm³/mol. The molecule has 158 valence electrons. The second-order valence-electron chi connectivity index (χ2n) is 6.87. The molecule has 0 saturated carbocycles. The Hall–Kier alpha value is -3.86. The Labute approximate surface area is 191 Å². The van der Waals surface area contributed by atoms with Gasteiger partial charge in [-0.3, -0.25) is 4.79 Å². The third-order valence-corrected chi connectivity index (χ3v) is 6.63. The van der Waals surface area contributed by atoms with E-state index in [1.54, 1.807) is 19.1 Å². The van der Waals surface area contributed by atoms with Crippen LogP contribution in [0, 0.1) is 29.6 Å². The first-order chi connectivity index (χ1) is 15.4. The molecule has 3 heterocycles. The highest BCUT2D eigenvalue weighted by Gasteiger charge is 2.25. The van der Waals surface area contributed by atoms with Crippen LogP contribution in [0.15, 0.2) is 46.0 Å². The molecule has 3 aromatic heterocycles. The summed E-state index contributed by atoms with van der Waals surface area (Å²) in [7, 11) is 0. The third kappa shape index (κ3) is 4.02. The SMILES string of the molecule is Cc1ccc2nc(NC(=O)C(C)Sc3nc(N)c(C#N)c(-c4ccco4)c3C#N)sc2c1. The standard InChI is InChI=1S/C22H16N6O2S2/c1-11-5-6-15-17(8-11)32-22(26-15)28-20(29)12(2)31-21-14(10-24)18(16-4-3-7-30-16)13(9-23)19(25)27-21/h3-8,12H,1-2H3,(H2,25,27)(H,26,28,29). The van der Waals surface area contributed by atoms with Crippen molar-refractivity contribution in [3.05, 3.63) is 53.3 Å². The molecule has 0 bridgehead atoms. The maximum Gasteiger partial charge on any atom is 0.239 e. The first-order valence-corrected chi connectivity index (χ1v) is 11.1. The van der Waals surface area contributed by atoms with E-state index in [9.17, 15) is 15.3 Å². The van der Waals surface area contributed by atoms with Gasteiger partial charge in [0.15, 0.2) is 5.13 Å². The van der Waals surface area contributed by atoms with E-state index < -0.39 is 5.25 Å². The van der Waals surface area contributed by atoms with Gasteiger partial charge in [-0.2, -0.15) is 10.5 Å². The number of carbonyl (C=O) groups excluding carboxylic acids is 1. The van der Waals surface area contributed by atoms with E-state index in [0.29, 0.717) is 10.9 Å². The van der Waals surface area contributed by atoms with Crippen molar-refractivity contribution in [2.24, 2.45) is 0 Å². The number of nitrogens with two attached hydrogens (primary N) is 1. The number of aromatic nitrogens is 2. The number of hydrogen-bond donors (Lipinski definition) is 2. The van der Waals surface area contributed by atoms with Crippen LogP contribution >= 0.6 is 23.1 Å². The predicted octanol–water partition coefficient (Wildman–Crippen LogP) is 4.70. The number of benzene rings is 1. The number of nitrogen functional groups attached to an aromatic ring is 1. The van der Waals surface area contributed by atoms with Crippen LogP contribution in [0.5, 0.6) is 0 Å². The Morgan fingerprint density at radius 2 is 2.03 bits per heavy atom. The molecule has 1 atom stereocenters. The van der Waals surface area contributed by atoms with Gasteiger partial charge in [-0.05, 0) is 43.7 Å². The molecule has 0 saturated heterocycles. The average molecular weight is 461 g/mol. The third-order valence-electron chi connectivity index (χ3n) is 4.61. The molecule has 4 rings (SSSR count). The van der Waals surface area contributed by atoms with E-state index in [1.807, 2.05) is 31.2 Å². The zero-order valence-electron chi connectivity index (χ0n) is 17.0. The second-order valence-corrected chi connectivity index (χ2v) is 9.23. The van der Waals surface area contributed by atoms with Crippen LogP contribution in [-0.4, -0.2) is 21.1 Å². The Morgan fingerprint density at radius 1 is 1.25 bits per heavy atom. The minimum Gasteiger partial charge on any atom is -0.464 e. The molecular formula is C22H16N6O2S2. The van der Waals surface area contributed by atoms with E-state index in [-0.39, 0.29) is 33.4 Å². The summed E-state index contributed by atoms with van der Waals surface area (Å²) in [6.07, 6.45) is 1.44. The Morgan fingerprint density at radius 3 is 2.72 bits per heavy atom. The van der Waals surface area contributed by atoms with Crippen molar-refractivity contribution < 1.29 is 9.21 Å². The van der Waals surface area contributed by atoms with Gasteiger partial charge in [0.2, 0.25) is 5.91 Å². The van der Waals surface area contributed by atoms with Gasteiger partial charge in [-0.25, -0.2) is 9.97 Å². The van der Waals surface area contributed by atoms with Gasteiger partial charge in [-0.1, -0.05) is 29.2 Å². The van der Waals surface area contributed by atoms with E-state index in [2.05, 4.69) is 21.4 Å². The van der Waals surface area contributed by atoms with Crippen LogP contribution in [-0.2, 0) is 4.79 Å². The summed E-state index contributed by atoms with van der Waals surface area (Å²) in [5, 5.41) is 22.3. The van der Waals surface area contributed by atoms with E-state index in [0.717, 1.165) is 27.5 Å². The minimum absolute atomic E-state index is 0.0328. The van der Waals surface area contributed by atoms with Crippen molar-refractivity contribution in [2.45, 2.75) is 24.1 Å². The van der Waals surface area contributed by atoms with Gasteiger partial charge in [0, 0.05) is 0 Å². The van der Waals surface area contributed by atoms with Crippen molar-refractivity contribution in [2.75, 3.05) is 11.1 Å². The first-order valence-electron chi connectivity index (χ1n) is 9.43. The monoisotopic (exact) mass is 460 g/mol. The number of nitrogens with one attached hydrogen (secondary N) is 1. The molecule has 1 amide bonds. The highest BCUT2D eigenvalue weighted by molar-refractivity contribution is 8.00. The molecule has 4 aromatic rings. The lowest BCUT2D eigenvalue weighted by Crippen LogP contribution is -2.22. The maximum atomic E-state index is 12.8. The second kappa shape index (κ2) is 8.71. The summed E-state index contributed by atoms with van der Waals surface area (Å²) in [5.74, 6) is 0.00409. The average Bonchev–Trinajstić information content (AvgIpc) is 3.42.